The summed E-state index contributed by atoms with van der Waals surface area (Å²) in [4.78, 5) is 17.8. The van der Waals surface area contributed by atoms with Gasteiger partial charge in [-0.25, -0.2) is 8.78 Å². The molecule has 20 heavy (non-hydrogen) atoms. The fourth-order valence-corrected chi connectivity index (χ4v) is 2.40. The Morgan fingerprint density at radius 2 is 2.35 bits per heavy atom. The number of piperidine rings is 1. The second kappa shape index (κ2) is 5.83. The van der Waals surface area contributed by atoms with E-state index >= 15 is 0 Å². The van der Waals surface area contributed by atoms with Gasteiger partial charge in [0.05, 0.1) is 18.1 Å². The lowest BCUT2D eigenvalue weighted by Gasteiger charge is -2.38. The summed E-state index contributed by atoms with van der Waals surface area (Å²) < 4.78 is 32.3. The molecule has 6 heteroatoms. The number of alkyl halides is 2. The highest BCUT2D eigenvalue weighted by molar-refractivity contribution is 5.95. The first kappa shape index (κ1) is 14.8. The molecule has 1 saturated heterocycles. The molecule has 0 N–H and O–H groups in total. The number of carbonyl (C=O) groups is 1. The Balaban J connectivity index is 2.14. The number of aromatic nitrogens is 1. The third kappa shape index (κ3) is 2.95. The summed E-state index contributed by atoms with van der Waals surface area (Å²) in [7, 11) is 1.39. The number of amides is 1. The first-order chi connectivity index (χ1) is 9.45. The highest BCUT2D eigenvalue weighted by atomic mass is 19.3. The minimum atomic E-state index is -2.78. The fraction of sp³-hybridized carbons (Fsp3) is 0.571. The van der Waals surface area contributed by atoms with Crippen molar-refractivity contribution in [2.24, 2.45) is 5.92 Å². The van der Waals surface area contributed by atoms with Gasteiger partial charge in [-0.2, -0.15) is 0 Å². The number of hydrogen-bond acceptors (Lipinski definition) is 3. The number of halogens is 2. The van der Waals surface area contributed by atoms with Crippen molar-refractivity contribution in [2.75, 3.05) is 26.8 Å². The van der Waals surface area contributed by atoms with E-state index in [0.29, 0.717) is 5.56 Å². The Labute approximate surface area is 116 Å². The maximum atomic E-state index is 13.7. The summed E-state index contributed by atoms with van der Waals surface area (Å²) in [5, 5.41) is 0. The lowest BCUT2D eigenvalue weighted by atomic mass is 9.93. The number of methoxy groups -OCH3 is 1. The van der Waals surface area contributed by atoms with Crippen LogP contribution in [0.4, 0.5) is 8.78 Å². The molecule has 0 radical (unpaired) electrons. The molecule has 2 rings (SSSR count). The van der Waals surface area contributed by atoms with Crippen molar-refractivity contribution in [3.8, 4) is 0 Å². The standard InChI is InChI=1S/C14H18F2N2O2/c1-10-3-5-17-7-12(10)13(19)18-6-4-14(15,16)11(8-18)9-20-2/h3,5,7,11H,4,6,8-9H2,1-2H3. The van der Waals surface area contributed by atoms with Gasteiger partial charge < -0.3 is 9.64 Å². The van der Waals surface area contributed by atoms with Crippen LogP contribution in [0.5, 0.6) is 0 Å². The van der Waals surface area contributed by atoms with Crippen molar-refractivity contribution in [1.29, 1.82) is 0 Å². The summed E-state index contributed by atoms with van der Waals surface area (Å²) in [5.74, 6) is -3.98. The number of nitrogens with zero attached hydrogens (tertiary/aromatic N) is 2. The van der Waals surface area contributed by atoms with E-state index in [1.807, 2.05) is 0 Å². The monoisotopic (exact) mass is 284 g/mol. The van der Waals surface area contributed by atoms with Gasteiger partial charge >= 0.3 is 0 Å². The number of likely N-dealkylation sites (tertiary alicyclic amines) is 1. The fourth-order valence-electron chi connectivity index (χ4n) is 2.40. The summed E-state index contributed by atoms with van der Waals surface area (Å²) >= 11 is 0. The highest BCUT2D eigenvalue weighted by Crippen LogP contribution is 2.34. The molecule has 110 valence electrons. The van der Waals surface area contributed by atoms with Gasteiger partial charge in [0.15, 0.2) is 0 Å². The molecule has 1 aliphatic heterocycles. The third-order valence-corrected chi connectivity index (χ3v) is 3.68. The van der Waals surface area contributed by atoms with Gasteiger partial charge in [-0.1, -0.05) is 0 Å². The predicted molar refractivity (Wildman–Crippen MR) is 69.8 cm³/mol. The van der Waals surface area contributed by atoms with Crippen LogP contribution in [0.15, 0.2) is 18.5 Å². The average Bonchev–Trinajstić information content (AvgIpc) is 2.41. The Morgan fingerprint density at radius 1 is 1.60 bits per heavy atom. The van der Waals surface area contributed by atoms with Crippen LogP contribution >= 0.6 is 0 Å². The predicted octanol–water partition coefficient (Wildman–Crippen LogP) is 2.13. The van der Waals surface area contributed by atoms with Crippen molar-refractivity contribution in [1.82, 2.24) is 9.88 Å². The van der Waals surface area contributed by atoms with Crippen LogP contribution in [-0.4, -0.2) is 48.5 Å². The van der Waals surface area contributed by atoms with E-state index in [0.717, 1.165) is 5.56 Å². The summed E-state index contributed by atoms with van der Waals surface area (Å²) in [5.41, 5.74) is 1.26. The molecule has 1 aromatic rings. The Morgan fingerprint density at radius 3 is 3.00 bits per heavy atom. The molecule has 0 aromatic carbocycles. The van der Waals surface area contributed by atoms with E-state index in [9.17, 15) is 13.6 Å². The first-order valence-corrected chi connectivity index (χ1v) is 6.52. The summed E-state index contributed by atoms with van der Waals surface area (Å²) in [6, 6.07) is 1.73. The van der Waals surface area contributed by atoms with Gasteiger partial charge in [0, 0.05) is 39.0 Å². The summed E-state index contributed by atoms with van der Waals surface area (Å²) in [6.45, 7) is 1.82. The molecular formula is C14H18F2N2O2. The van der Waals surface area contributed by atoms with E-state index in [4.69, 9.17) is 4.74 Å². The second-order valence-electron chi connectivity index (χ2n) is 5.11. The zero-order chi connectivity index (χ0) is 14.8. The van der Waals surface area contributed by atoms with Crippen LogP contribution in [0, 0.1) is 12.8 Å². The van der Waals surface area contributed by atoms with Crippen LogP contribution in [0.25, 0.3) is 0 Å². The van der Waals surface area contributed by atoms with E-state index in [-0.39, 0.29) is 32.0 Å². The van der Waals surface area contributed by atoms with Crippen LogP contribution in [0.2, 0.25) is 0 Å². The molecular weight excluding hydrogens is 266 g/mol. The van der Waals surface area contributed by atoms with Crippen molar-refractivity contribution in [2.45, 2.75) is 19.3 Å². The van der Waals surface area contributed by atoms with Crippen molar-refractivity contribution in [3.63, 3.8) is 0 Å². The molecule has 4 nitrogen and oxygen atoms in total. The van der Waals surface area contributed by atoms with Gasteiger partial charge in [0.1, 0.15) is 0 Å². The Hall–Kier alpha value is -1.56. The molecule has 0 bridgehead atoms. The van der Waals surface area contributed by atoms with Crippen LogP contribution in [0.1, 0.15) is 22.3 Å². The Bertz CT molecular complexity index is 494. The number of aryl methyl sites for hydroxylation is 1. The number of ether oxygens (including phenoxy) is 1. The van der Waals surface area contributed by atoms with Gasteiger partial charge in [-0.3, -0.25) is 9.78 Å². The van der Waals surface area contributed by atoms with Gasteiger partial charge in [0.25, 0.3) is 11.8 Å². The van der Waals surface area contributed by atoms with E-state index in [1.54, 1.807) is 19.2 Å². The highest BCUT2D eigenvalue weighted by Gasteiger charge is 2.45. The quantitative estimate of drug-likeness (QED) is 0.854. The maximum absolute atomic E-state index is 13.7. The van der Waals surface area contributed by atoms with Crippen molar-refractivity contribution < 1.29 is 18.3 Å². The van der Waals surface area contributed by atoms with Crippen LogP contribution in [0.3, 0.4) is 0 Å². The SMILES string of the molecule is COCC1CN(C(=O)c2cnccc2C)CCC1(F)F. The van der Waals surface area contributed by atoms with E-state index < -0.39 is 11.8 Å². The topological polar surface area (TPSA) is 42.4 Å². The van der Waals surface area contributed by atoms with Crippen LogP contribution in [-0.2, 0) is 4.74 Å². The molecule has 2 heterocycles. The van der Waals surface area contributed by atoms with E-state index in [2.05, 4.69) is 4.98 Å². The molecule has 0 spiro atoms. The molecule has 1 atom stereocenters. The number of hydrogen-bond donors (Lipinski definition) is 0. The number of rotatable bonds is 3. The third-order valence-electron chi connectivity index (χ3n) is 3.68. The molecule has 1 amide bonds. The first-order valence-electron chi connectivity index (χ1n) is 6.52. The number of carbonyl (C=O) groups excluding carboxylic acids is 1. The second-order valence-corrected chi connectivity index (χ2v) is 5.11. The molecule has 1 unspecified atom stereocenters. The van der Waals surface area contributed by atoms with Crippen molar-refractivity contribution >= 4 is 5.91 Å². The van der Waals surface area contributed by atoms with Gasteiger partial charge in [0.2, 0.25) is 0 Å². The smallest absolute Gasteiger partial charge is 0.256 e. The van der Waals surface area contributed by atoms with Gasteiger partial charge in [-0.15, -0.1) is 0 Å². The molecule has 1 aromatic heterocycles. The zero-order valence-corrected chi connectivity index (χ0v) is 11.6. The molecule has 0 aliphatic carbocycles. The summed E-state index contributed by atoms with van der Waals surface area (Å²) in [6.07, 6.45) is 2.76. The zero-order valence-electron chi connectivity index (χ0n) is 11.6. The minimum absolute atomic E-state index is 0.00794. The minimum Gasteiger partial charge on any atom is -0.384 e. The normalized spacial score (nSPS) is 21.8. The lowest BCUT2D eigenvalue weighted by molar-refractivity contribution is -0.118. The number of pyridine rings is 1. The molecule has 1 aliphatic rings. The molecule has 0 saturated carbocycles. The largest absolute Gasteiger partial charge is 0.384 e. The maximum Gasteiger partial charge on any atom is 0.256 e. The van der Waals surface area contributed by atoms with E-state index in [1.165, 1.54) is 18.2 Å². The molecule has 1 fully saturated rings. The van der Waals surface area contributed by atoms with Gasteiger partial charge in [-0.05, 0) is 18.6 Å². The van der Waals surface area contributed by atoms with Crippen molar-refractivity contribution in [3.05, 3.63) is 29.6 Å². The lowest BCUT2D eigenvalue weighted by Crippen LogP contribution is -2.50. The Kier molecular flexibility index (Phi) is 4.32. The average molecular weight is 284 g/mol. The van der Waals surface area contributed by atoms with Crippen LogP contribution < -0.4 is 0 Å².